The van der Waals surface area contributed by atoms with Gasteiger partial charge < -0.3 is 0 Å². The summed E-state index contributed by atoms with van der Waals surface area (Å²) in [5.41, 5.74) is 4.13. The zero-order valence-corrected chi connectivity index (χ0v) is 13.8. The maximum Gasteiger partial charge on any atom is 0.292 e. The Morgan fingerprint density at radius 3 is 2.48 bits per heavy atom. The molecule has 0 aliphatic heterocycles. The van der Waals surface area contributed by atoms with E-state index in [1.54, 1.807) is 24.3 Å². The second kappa shape index (κ2) is 7.53. The second-order valence-corrected chi connectivity index (χ2v) is 5.56. The lowest BCUT2D eigenvalue weighted by molar-refractivity contribution is 0.0950. The molecule has 1 amide bonds. The molecule has 0 radical (unpaired) electrons. The van der Waals surface area contributed by atoms with Crippen LogP contribution >= 0.6 is 0 Å². The van der Waals surface area contributed by atoms with Crippen molar-refractivity contribution in [3.63, 3.8) is 0 Å². The average molecular weight is 334 g/mol. The first-order valence-corrected chi connectivity index (χ1v) is 8.10. The van der Waals surface area contributed by atoms with Crippen LogP contribution < -0.4 is 11.0 Å². The van der Waals surface area contributed by atoms with Crippen LogP contribution in [0, 0.1) is 0 Å². The fourth-order valence-electron chi connectivity index (χ4n) is 2.59. The molecular formula is C19H18N4O2. The first kappa shape index (κ1) is 16.6. The van der Waals surface area contributed by atoms with Crippen molar-refractivity contribution in [1.29, 1.82) is 0 Å². The number of fused-ring (bicyclic) bond motifs is 1. The lowest BCUT2D eigenvalue weighted by Gasteiger charge is -2.07. The third kappa shape index (κ3) is 3.63. The molecule has 2 N–H and O–H groups in total. The average Bonchev–Trinajstić information content (AvgIpc) is 2.66. The molecule has 0 atom stereocenters. The molecule has 0 unspecified atom stereocenters. The van der Waals surface area contributed by atoms with Gasteiger partial charge >= 0.3 is 0 Å². The van der Waals surface area contributed by atoms with Gasteiger partial charge in [0.15, 0.2) is 5.69 Å². The van der Waals surface area contributed by atoms with E-state index in [0.717, 1.165) is 24.1 Å². The van der Waals surface area contributed by atoms with Gasteiger partial charge in [-0.2, -0.15) is 10.2 Å². The minimum absolute atomic E-state index is 0.142. The van der Waals surface area contributed by atoms with E-state index in [4.69, 9.17) is 0 Å². The predicted molar refractivity (Wildman–Crippen MR) is 97.7 cm³/mol. The number of benzene rings is 2. The lowest BCUT2D eigenvalue weighted by atomic mass is 10.1. The van der Waals surface area contributed by atoms with E-state index in [9.17, 15) is 9.59 Å². The summed E-state index contributed by atoms with van der Waals surface area (Å²) in [5.74, 6) is -0.461. The van der Waals surface area contributed by atoms with Crippen LogP contribution in [0.2, 0.25) is 0 Å². The maximum atomic E-state index is 12.5. The van der Waals surface area contributed by atoms with Crippen LogP contribution in [0.3, 0.4) is 0 Å². The number of amides is 1. The van der Waals surface area contributed by atoms with Crippen molar-refractivity contribution in [2.45, 2.75) is 19.8 Å². The first-order valence-electron chi connectivity index (χ1n) is 8.10. The van der Waals surface area contributed by atoms with Crippen LogP contribution in [0.5, 0.6) is 0 Å². The fourth-order valence-corrected chi connectivity index (χ4v) is 2.59. The SMILES string of the molecule is CCC/C(=N/NC(=O)c1n[nH]c(=O)c2ccccc12)c1ccccc1. The molecule has 1 aromatic heterocycles. The molecule has 126 valence electrons. The summed E-state index contributed by atoms with van der Waals surface area (Å²) in [4.78, 5) is 24.3. The van der Waals surface area contributed by atoms with Gasteiger partial charge in [0.2, 0.25) is 0 Å². The number of aromatic amines is 1. The Labute approximate surface area is 144 Å². The van der Waals surface area contributed by atoms with Gasteiger partial charge in [-0.3, -0.25) is 9.59 Å². The van der Waals surface area contributed by atoms with Gasteiger partial charge in [0, 0.05) is 5.39 Å². The van der Waals surface area contributed by atoms with Crippen LogP contribution in [0.4, 0.5) is 0 Å². The lowest BCUT2D eigenvalue weighted by Crippen LogP contribution is -2.24. The summed E-state index contributed by atoms with van der Waals surface area (Å²) in [6, 6.07) is 16.5. The fraction of sp³-hybridized carbons (Fsp3) is 0.158. The van der Waals surface area contributed by atoms with E-state index in [-0.39, 0.29) is 11.3 Å². The topological polar surface area (TPSA) is 87.2 Å². The smallest absolute Gasteiger partial charge is 0.267 e. The molecule has 0 spiro atoms. The Balaban J connectivity index is 1.92. The summed E-state index contributed by atoms with van der Waals surface area (Å²) in [6.45, 7) is 2.05. The van der Waals surface area contributed by atoms with Gasteiger partial charge in [0.25, 0.3) is 11.5 Å². The number of rotatable bonds is 5. The largest absolute Gasteiger partial charge is 0.292 e. The number of hydrogen-bond donors (Lipinski definition) is 2. The normalized spacial score (nSPS) is 11.5. The molecule has 0 bridgehead atoms. The van der Waals surface area contributed by atoms with Crippen LogP contribution in [0.25, 0.3) is 10.8 Å². The number of nitrogens with one attached hydrogen (secondary N) is 2. The number of aromatic nitrogens is 2. The van der Waals surface area contributed by atoms with Gasteiger partial charge in [0.1, 0.15) is 0 Å². The Kier molecular flexibility index (Phi) is 4.99. The third-order valence-corrected chi connectivity index (χ3v) is 3.80. The molecule has 0 saturated carbocycles. The summed E-state index contributed by atoms with van der Waals surface area (Å²) in [7, 11) is 0. The zero-order chi connectivity index (χ0) is 17.6. The zero-order valence-electron chi connectivity index (χ0n) is 13.8. The molecule has 0 saturated heterocycles. The number of carbonyl (C=O) groups excluding carboxylic acids is 1. The van der Waals surface area contributed by atoms with Crippen molar-refractivity contribution in [2.24, 2.45) is 5.10 Å². The summed E-state index contributed by atoms with van der Waals surface area (Å²) >= 11 is 0. The quantitative estimate of drug-likeness (QED) is 0.555. The van der Waals surface area contributed by atoms with Gasteiger partial charge in [-0.15, -0.1) is 0 Å². The van der Waals surface area contributed by atoms with Gasteiger partial charge in [0.05, 0.1) is 11.1 Å². The highest BCUT2D eigenvalue weighted by Gasteiger charge is 2.14. The van der Waals surface area contributed by atoms with Crippen LogP contribution in [0.1, 0.15) is 35.8 Å². The van der Waals surface area contributed by atoms with Crippen LogP contribution in [-0.2, 0) is 0 Å². The standard InChI is InChI=1S/C19H18N4O2/c1-2-8-16(13-9-4-3-5-10-13)20-23-19(25)17-14-11-6-7-12-15(14)18(24)22-21-17/h3-7,9-12H,2,8H2,1H3,(H,22,24)(H,23,25)/b20-16-. The summed E-state index contributed by atoms with van der Waals surface area (Å²) in [6.07, 6.45) is 1.65. The second-order valence-electron chi connectivity index (χ2n) is 5.56. The number of hydrogen-bond acceptors (Lipinski definition) is 4. The number of carbonyl (C=O) groups is 1. The van der Waals surface area contributed by atoms with E-state index in [2.05, 4.69) is 27.6 Å². The van der Waals surface area contributed by atoms with Gasteiger partial charge in [-0.25, -0.2) is 10.5 Å². The van der Waals surface area contributed by atoms with Crippen LogP contribution in [-0.4, -0.2) is 21.8 Å². The molecule has 2 aromatic carbocycles. The molecule has 25 heavy (non-hydrogen) atoms. The van der Waals surface area contributed by atoms with E-state index < -0.39 is 5.91 Å². The van der Waals surface area contributed by atoms with Gasteiger partial charge in [-0.05, 0) is 18.1 Å². The van der Waals surface area contributed by atoms with Crippen molar-refractivity contribution >= 4 is 22.4 Å². The number of hydrazone groups is 1. The molecule has 6 heteroatoms. The highest BCUT2D eigenvalue weighted by Crippen LogP contribution is 2.12. The molecule has 0 fully saturated rings. The minimum atomic E-state index is -0.461. The first-order chi connectivity index (χ1) is 12.2. The van der Waals surface area contributed by atoms with E-state index in [1.807, 2.05) is 30.3 Å². The minimum Gasteiger partial charge on any atom is -0.267 e. The van der Waals surface area contributed by atoms with Crippen molar-refractivity contribution in [3.05, 3.63) is 76.2 Å². The van der Waals surface area contributed by atoms with Crippen molar-refractivity contribution < 1.29 is 4.79 Å². The Morgan fingerprint density at radius 1 is 1.08 bits per heavy atom. The van der Waals surface area contributed by atoms with Crippen LogP contribution in [0.15, 0.2) is 64.5 Å². The van der Waals surface area contributed by atoms with E-state index >= 15 is 0 Å². The van der Waals surface area contributed by atoms with Crippen molar-refractivity contribution in [2.75, 3.05) is 0 Å². The molecule has 3 aromatic rings. The monoisotopic (exact) mass is 334 g/mol. The van der Waals surface area contributed by atoms with E-state index in [0.29, 0.717) is 10.8 Å². The molecule has 3 rings (SSSR count). The molecular weight excluding hydrogens is 316 g/mol. The number of nitrogens with zero attached hydrogens (tertiary/aromatic N) is 2. The van der Waals surface area contributed by atoms with Crippen molar-refractivity contribution in [1.82, 2.24) is 15.6 Å². The van der Waals surface area contributed by atoms with E-state index in [1.165, 1.54) is 0 Å². The molecule has 0 aliphatic carbocycles. The summed E-state index contributed by atoms with van der Waals surface area (Å²) < 4.78 is 0. The highest BCUT2D eigenvalue weighted by molar-refractivity contribution is 6.06. The third-order valence-electron chi connectivity index (χ3n) is 3.80. The maximum absolute atomic E-state index is 12.5. The highest BCUT2D eigenvalue weighted by atomic mass is 16.2. The Bertz CT molecular complexity index is 977. The molecule has 1 heterocycles. The molecule has 0 aliphatic rings. The summed E-state index contributed by atoms with van der Waals surface area (Å²) in [5, 5.41) is 11.4. The molecule has 6 nitrogen and oxygen atoms in total. The predicted octanol–water partition coefficient (Wildman–Crippen LogP) is 2.86. The van der Waals surface area contributed by atoms with Gasteiger partial charge in [-0.1, -0.05) is 61.9 Å². The Hall–Kier alpha value is -3.28. The number of H-pyrrole nitrogens is 1. The van der Waals surface area contributed by atoms with Crippen molar-refractivity contribution in [3.8, 4) is 0 Å². The Morgan fingerprint density at radius 2 is 1.76 bits per heavy atom.